The summed E-state index contributed by atoms with van der Waals surface area (Å²) in [6.45, 7) is 1.34. The van der Waals surface area contributed by atoms with Gasteiger partial charge >= 0.3 is 0 Å². The molecular formula is C22H29N3O3. The highest BCUT2D eigenvalue weighted by molar-refractivity contribution is 5.94. The number of aromatic nitrogens is 1. The van der Waals surface area contributed by atoms with Gasteiger partial charge < -0.3 is 15.2 Å². The van der Waals surface area contributed by atoms with Crippen LogP contribution in [0.4, 0.5) is 0 Å². The van der Waals surface area contributed by atoms with E-state index in [9.17, 15) is 14.4 Å². The maximum Gasteiger partial charge on any atom is 0.261 e. The van der Waals surface area contributed by atoms with E-state index < -0.39 is 0 Å². The van der Waals surface area contributed by atoms with Crippen LogP contribution in [-0.2, 0) is 17.6 Å². The normalized spacial score (nSPS) is 27.2. The topological polar surface area (TPSA) is 82.3 Å². The molecule has 0 aromatic carbocycles. The first-order valence-electron chi connectivity index (χ1n) is 10.9. The number of nitrogens with zero attached hydrogens (tertiary/aromatic N) is 1. The number of pyridine rings is 1. The molecule has 2 atom stereocenters. The highest BCUT2D eigenvalue weighted by atomic mass is 16.2. The molecule has 2 amide bonds. The molecule has 1 aromatic heterocycles. The molecule has 3 aliphatic carbocycles. The molecule has 3 fully saturated rings. The lowest BCUT2D eigenvalue weighted by molar-refractivity contribution is -0.137. The molecule has 6 heteroatoms. The van der Waals surface area contributed by atoms with Crippen LogP contribution in [0.25, 0.3) is 0 Å². The smallest absolute Gasteiger partial charge is 0.261 e. The van der Waals surface area contributed by atoms with Crippen LogP contribution in [0.15, 0.2) is 10.9 Å². The molecule has 6 nitrogen and oxygen atoms in total. The number of aryl methyl sites for hydroxylation is 2. The number of H-pyrrole nitrogens is 1. The summed E-state index contributed by atoms with van der Waals surface area (Å²) < 4.78 is 0. The lowest BCUT2D eigenvalue weighted by Crippen LogP contribution is -2.44. The van der Waals surface area contributed by atoms with Crippen LogP contribution in [0.1, 0.15) is 66.6 Å². The molecule has 0 unspecified atom stereocenters. The van der Waals surface area contributed by atoms with E-state index in [2.05, 4.69) is 10.3 Å². The molecule has 2 saturated carbocycles. The van der Waals surface area contributed by atoms with Crippen LogP contribution in [0.3, 0.4) is 0 Å². The monoisotopic (exact) mass is 383 g/mol. The molecule has 1 aromatic rings. The van der Waals surface area contributed by atoms with Gasteiger partial charge in [-0.1, -0.05) is 6.42 Å². The number of nitrogens with one attached hydrogen (secondary N) is 2. The standard InChI is InChI=1S/C22H29N3O3/c26-20-16(10-15-4-1-2-7-18(15)23-20)21(27)24-19-12-25(11-17(19)13-8-9-13)22(28)14-5-3-6-14/h10,13-14,17,19H,1-9,11-12H2,(H,23,26)(H,24,27)/t17-,19+/m0/s1. The van der Waals surface area contributed by atoms with Gasteiger partial charge in [-0.05, 0) is 68.9 Å². The summed E-state index contributed by atoms with van der Waals surface area (Å²) in [5, 5.41) is 3.12. The minimum atomic E-state index is -0.290. The predicted octanol–water partition coefficient (Wildman–Crippen LogP) is 2.02. The SMILES string of the molecule is O=C(N[C@@H]1CN(C(=O)C2CCC2)C[C@H]1C1CC1)c1cc2c([nH]c1=O)CCCC2. The van der Waals surface area contributed by atoms with Crippen LogP contribution in [0, 0.1) is 17.8 Å². The Balaban J connectivity index is 1.32. The Morgan fingerprint density at radius 3 is 2.54 bits per heavy atom. The highest BCUT2D eigenvalue weighted by Crippen LogP contribution is 2.42. The zero-order valence-electron chi connectivity index (χ0n) is 16.3. The molecule has 1 saturated heterocycles. The molecule has 5 rings (SSSR count). The molecule has 28 heavy (non-hydrogen) atoms. The van der Waals surface area contributed by atoms with Crippen LogP contribution < -0.4 is 10.9 Å². The number of aromatic amines is 1. The summed E-state index contributed by atoms with van der Waals surface area (Å²) in [4.78, 5) is 43.0. The Kier molecular flexibility index (Phi) is 4.52. The second-order valence-corrected chi connectivity index (χ2v) is 9.18. The average molecular weight is 383 g/mol. The zero-order chi connectivity index (χ0) is 19.3. The Labute approximate surface area is 165 Å². The van der Waals surface area contributed by atoms with Gasteiger partial charge in [0.15, 0.2) is 0 Å². The van der Waals surface area contributed by atoms with Gasteiger partial charge in [0.1, 0.15) is 5.56 Å². The van der Waals surface area contributed by atoms with Crippen LogP contribution in [0.2, 0.25) is 0 Å². The number of fused-ring (bicyclic) bond motifs is 1. The maximum atomic E-state index is 12.9. The lowest BCUT2D eigenvalue weighted by Gasteiger charge is -2.29. The molecular weight excluding hydrogens is 354 g/mol. The largest absolute Gasteiger partial charge is 0.347 e. The van der Waals surface area contributed by atoms with E-state index in [-0.39, 0.29) is 34.9 Å². The van der Waals surface area contributed by atoms with E-state index >= 15 is 0 Å². The summed E-state index contributed by atoms with van der Waals surface area (Å²) in [7, 11) is 0. The fourth-order valence-electron chi connectivity index (χ4n) is 5.17. The lowest BCUT2D eigenvalue weighted by atomic mass is 9.84. The van der Waals surface area contributed by atoms with Gasteiger partial charge in [0.2, 0.25) is 5.91 Å². The number of carbonyl (C=O) groups is 2. The molecule has 1 aliphatic heterocycles. The zero-order valence-corrected chi connectivity index (χ0v) is 16.3. The summed E-state index contributed by atoms with van der Waals surface area (Å²) in [5.74, 6) is 1.09. The van der Waals surface area contributed by atoms with Crippen molar-refractivity contribution in [2.75, 3.05) is 13.1 Å². The quantitative estimate of drug-likeness (QED) is 0.835. The van der Waals surface area contributed by atoms with Crippen molar-refractivity contribution in [3.8, 4) is 0 Å². The second-order valence-electron chi connectivity index (χ2n) is 9.18. The number of rotatable bonds is 4. The molecule has 0 bridgehead atoms. The van der Waals surface area contributed by atoms with Crippen molar-refractivity contribution in [3.05, 3.63) is 33.2 Å². The third-order valence-corrected chi connectivity index (χ3v) is 7.26. The van der Waals surface area contributed by atoms with Crippen molar-refractivity contribution in [2.24, 2.45) is 17.8 Å². The molecule has 2 N–H and O–H groups in total. The van der Waals surface area contributed by atoms with Gasteiger partial charge in [-0.3, -0.25) is 14.4 Å². The number of hydrogen-bond donors (Lipinski definition) is 2. The molecule has 2 heterocycles. The third kappa shape index (κ3) is 3.27. The first kappa shape index (κ1) is 18.0. The van der Waals surface area contributed by atoms with Crippen LogP contribution in [0.5, 0.6) is 0 Å². The first-order valence-corrected chi connectivity index (χ1v) is 10.9. The van der Waals surface area contributed by atoms with E-state index in [1.54, 1.807) is 6.07 Å². The predicted molar refractivity (Wildman–Crippen MR) is 105 cm³/mol. The minimum Gasteiger partial charge on any atom is -0.347 e. The third-order valence-electron chi connectivity index (χ3n) is 7.26. The van der Waals surface area contributed by atoms with Gasteiger partial charge in [-0.15, -0.1) is 0 Å². The van der Waals surface area contributed by atoms with Crippen molar-refractivity contribution in [2.45, 2.75) is 63.8 Å². The van der Waals surface area contributed by atoms with Crippen molar-refractivity contribution in [1.29, 1.82) is 0 Å². The van der Waals surface area contributed by atoms with Crippen LogP contribution in [-0.4, -0.2) is 40.8 Å². The summed E-state index contributed by atoms with van der Waals surface area (Å²) in [5.41, 5.74) is 2.02. The summed E-state index contributed by atoms with van der Waals surface area (Å²) in [6, 6.07) is 1.75. The fraction of sp³-hybridized carbons (Fsp3) is 0.682. The van der Waals surface area contributed by atoms with Gasteiger partial charge in [-0.25, -0.2) is 0 Å². The maximum absolute atomic E-state index is 12.9. The highest BCUT2D eigenvalue weighted by Gasteiger charge is 2.45. The molecule has 0 radical (unpaired) electrons. The van der Waals surface area contributed by atoms with E-state index in [0.717, 1.165) is 62.7 Å². The van der Waals surface area contributed by atoms with Crippen molar-refractivity contribution in [1.82, 2.24) is 15.2 Å². The number of amides is 2. The average Bonchev–Trinajstić information content (AvgIpc) is 3.40. The van der Waals surface area contributed by atoms with Crippen molar-refractivity contribution in [3.63, 3.8) is 0 Å². The summed E-state index contributed by atoms with van der Waals surface area (Å²) >= 11 is 0. The van der Waals surface area contributed by atoms with Gasteiger partial charge in [0.25, 0.3) is 11.5 Å². The Morgan fingerprint density at radius 1 is 1.04 bits per heavy atom. The van der Waals surface area contributed by atoms with Gasteiger partial charge in [0, 0.05) is 30.6 Å². The molecule has 4 aliphatic rings. The Hall–Kier alpha value is -2.11. The number of hydrogen-bond acceptors (Lipinski definition) is 3. The Bertz CT molecular complexity index is 853. The molecule has 0 spiro atoms. The number of carbonyl (C=O) groups excluding carboxylic acids is 2. The molecule has 150 valence electrons. The Morgan fingerprint density at radius 2 is 1.82 bits per heavy atom. The van der Waals surface area contributed by atoms with Crippen molar-refractivity contribution >= 4 is 11.8 Å². The van der Waals surface area contributed by atoms with E-state index in [1.807, 2.05) is 4.90 Å². The first-order chi connectivity index (χ1) is 13.6. The fourth-order valence-corrected chi connectivity index (χ4v) is 5.17. The minimum absolute atomic E-state index is 0.0422. The van der Waals surface area contributed by atoms with E-state index in [1.165, 1.54) is 12.8 Å². The van der Waals surface area contributed by atoms with Crippen molar-refractivity contribution < 1.29 is 9.59 Å². The van der Waals surface area contributed by atoms with E-state index in [0.29, 0.717) is 18.4 Å². The summed E-state index contributed by atoms with van der Waals surface area (Å²) in [6.07, 6.45) is 9.52. The van der Waals surface area contributed by atoms with E-state index in [4.69, 9.17) is 0 Å². The van der Waals surface area contributed by atoms with Gasteiger partial charge in [0.05, 0.1) is 6.04 Å². The van der Waals surface area contributed by atoms with Crippen LogP contribution >= 0.6 is 0 Å². The van der Waals surface area contributed by atoms with Gasteiger partial charge in [-0.2, -0.15) is 0 Å². The number of likely N-dealkylation sites (tertiary alicyclic amines) is 1. The second kappa shape index (κ2) is 7.05.